The van der Waals surface area contributed by atoms with Crippen LogP contribution in [0.25, 0.3) is 0 Å². The molecule has 0 heterocycles. The predicted octanol–water partition coefficient (Wildman–Crippen LogP) is 7.31. The Morgan fingerprint density at radius 3 is 2.06 bits per heavy atom. The first-order chi connectivity index (χ1) is 15.0. The molecule has 0 radical (unpaired) electrons. The molecule has 0 saturated heterocycles. The lowest BCUT2D eigenvalue weighted by Crippen LogP contribution is -2.30. The average molecular weight is 449 g/mol. The van der Waals surface area contributed by atoms with Crippen molar-refractivity contribution in [3.05, 3.63) is 35.4 Å². The minimum absolute atomic E-state index is 0.252. The van der Waals surface area contributed by atoms with Crippen molar-refractivity contribution in [2.24, 2.45) is 0 Å². The second kappa shape index (κ2) is 15.2. The van der Waals surface area contributed by atoms with Crippen LogP contribution in [0.3, 0.4) is 0 Å². The molecule has 0 aromatic heterocycles. The van der Waals surface area contributed by atoms with Crippen LogP contribution in [-0.2, 0) is 20.0 Å². The van der Waals surface area contributed by atoms with Gasteiger partial charge in [-0.15, -0.1) is 0 Å². The first kappa shape index (κ1) is 26.6. The van der Waals surface area contributed by atoms with Gasteiger partial charge in [-0.1, -0.05) is 50.5 Å². The van der Waals surface area contributed by atoms with Gasteiger partial charge >= 0.3 is 9.28 Å². The molecule has 0 amide bonds. The van der Waals surface area contributed by atoms with Gasteiger partial charge < -0.3 is 13.6 Å². The first-order valence-corrected chi connectivity index (χ1v) is 14.7. The fraction of sp³-hybridized carbons (Fsp3) is 0.778. The van der Waals surface area contributed by atoms with Gasteiger partial charge in [0.05, 0.1) is 6.10 Å². The molecular weight excluding hydrogens is 400 g/mol. The lowest BCUT2D eigenvalue weighted by molar-refractivity contribution is 0.0237. The molecule has 0 unspecified atom stereocenters. The van der Waals surface area contributed by atoms with Gasteiger partial charge in [-0.05, 0) is 95.7 Å². The summed E-state index contributed by atoms with van der Waals surface area (Å²) in [6.45, 7) is 11.5. The lowest BCUT2D eigenvalue weighted by atomic mass is 9.82. The zero-order chi connectivity index (χ0) is 22.5. The van der Waals surface area contributed by atoms with E-state index in [0.29, 0.717) is 12.0 Å². The van der Waals surface area contributed by atoms with E-state index in [0.717, 1.165) is 19.1 Å². The third-order valence-electron chi connectivity index (χ3n) is 6.23. The molecule has 3 nitrogen and oxygen atoms in total. The molecule has 0 N–H and O–H groups in total. The minimum Gasteiger partial charge on any atom is -0.394 e. The summed E-state index contributed by atoms with van der Waals surface area (Å²) in [6, 6.07) is 10.5. The number of rotatable bonds is 15. The van der Waals surface area contributed by atoms with Crippen LogP contribution in [-0.4, -0.2) is 34.2 Å². The van der Waals surface area contributed by atoms with Crippen LogP contribution in [0.1, 0.15) is 109 Å². The van der Waals surface area contributed by atoms with Crippen molar-refractivity contribution < 1.29 is 13.6 Å². The summed E-state index contributed by atoms with van der Waals surface area (Å²) in [5.74, 6) is 0.713. The monoisotopic (exact) mass is 448 g/mol. The number of hydrogen-bond donors (Lipinski definition) is 0. The summed E-state index contributed by atoms with van der Waals surface area (Å²) in [7, 11) is -1.57. The van der Waals surface area contributed by atoms with Crippen molar-refractivity contribution in [1.29, 1.82) is 0 Å². The van der Waals surface area contributed by atoms with Gasteiger partial charge in [-0.2, -0.15) is 0 Å². The Bertz CT molecular complexity index is 554. The maximum Gasteiger partial charge on any atom is 0.321 e. The van der Waals surface area contributed by atoms with Gasteiger partial charge in [0.15, 0.2) is 0 Å². The van der Waals surface area contributed by atoms with E-state index in [1.54, 1.807) is 0 Å². The van der Waals surface area contributed by atoms with E-state index in [1.165, 1.54) is 68.9 Å². The molecule has 1 aliphatic rings. The molecule has 0 aliphatic heterocycles. The highest BCUT2D eigenvalue weighted by Crippen LogP contribution is 2.34. The van der Waals surface area contributed by atoms with Crippen LogP contribution < -0.4 is 0 Å². The van der Waals surface area contributed by atoms with Crippen molar-refractivity contribution in [3.8, 4) is 0 Å². The Kier molecular flexibility index (Phi) is 13.0. The largest absolute Gasteiger partial charge is 0.394 e. The summed E-state index contributed by atoms with van der Waals surface area (Å²) < 4.78 is 18.3. The smallest absolute Gasteiger partial charge is 0.321 e. The molecular formula is C27H48O3Si. The van der Waals surface area contributed by atoms with Gasteiger partial charge in [-0.3, -0.25) is 0 Å². The molecule has 178 valence electrons. The van der Waals surface area contributed by atoms with Crippen molar-refractivity contribution >= 4 is 9.28 Å². The van der Waals surface area contributed by atoms with E-state index >= 15 is 0 Å². The summed E-state index contributed by atoms with van der Waals surface area (Å²) in [5, 5.41) is 0. The van der Waals surface area contributed by atoms with Crippen LogP contribution in [0.5, 0.6) is 0 Å². The molecule has 1 aromatic rings. The topological polar surface area (TPSA) is 27.7 Å². The number of unbranched alkanes of at least 4 members (excludes halogenated alkanes) is 3. The number of benzene rings is 1. The van der Waals surface area contributed by atoms with Gasteiger partial charge in [0.2, 0.25) is 0 Å². The third kappa shape index (κ3) is 11.1. The Morgan fingerprint density at radius 1 is 0.839 bits per heavy atom. The lowest BCUT2D eigenvalue weighted by Gasteiger charge is -2.29. The van der Waals surface area contributed by atoms with E-state index in [-0.39, 0.29) is 12.2 Å². The summed E-state index contributed by atoms with van der Waals surface area (Å²) in [6.07, 6.45) is 13.5. The van der Waals surface area contributed by atoms with Gasteiger partial charge in [0.25, 0.3) is 0 Å². The highest BCUT2D eigenvalue weighted by molar-refractivity contribution is 6.44. The van der Waals surface area contributed by atoms with Crippen LogP contribution in [0.4, 0.5) is 0 Å². The van der Waals surface area contributed by atoms with Crippen molar-refractivity contribution in [2.75, 3.05) is 6.61 Å². The Balaban J connectivity index is 1.63. The van der Waals surface area contributed by atoms with Crippen LogP contribution in [0.2, 0.25) is 6.04 Å². The van der Waals surface area contributed by atoms with Crippen molar-refractivity contribution in [1.82, 2.24) is 0 Å². The number of hydrogen-bond acceptors (Lipinski definition) is 3. The van der Waals surface area contributed by atoms with Gasteiger partial charge in [-0.25, -0.2) is 0 Å². The van der Waals surface area contributed by atoms with E-state index in [1.807, 2.05) is 0 Å². The van der Waals surface area contributed by atoms with E-state index < -0.39 is 9.28 Å². The Labute approximate surface area is 194 Å². The summed E-state index contributed by atoms with van der Waals surface area (Å²) >= 11 is 0. The third-order valence-corrected chi connectivity index (χ3v) is 8.81. The second-order valence-electron chi connectivity index (χ2n) is 9.84. The molecule has 1 fully saturated rings. The van der Waals surface area contributed by atoms with Crippen molar-refractivity contribution in [3.63, 3.8) is 0 Å². The first-order valence-electron chi connectivity index (χ1n) is 13.0. The fourth-order valence-corrected chi connectivity index (χ4v) is 6.60. The second-order valence-corrected chi connectivity index (χ2v) is 11.8. The zero-order valence-corrected chi connectivity index (χ0v) is 22.1. The van der Waals surface area contributed by atoms with E-state index in [9.17, 15) is 0 Å². The normalized spacial score (nSPS) is 19.6. The highest BCUT2D eigenvalue weighted by Gasteiger charge is 2.23. The predicted molar refractivity (Wildman–Crippen MR) is 134 cm³/mol. The van der Waals surface area contributed by atoms with E-state index in [2.05, 4.69) is 58.9 Å². The molecule has 2 rings (SSSR count). The maximum atomic E-state index is 6.22. The molecule has 4 heteroatoms. The molecule has 1 aliphatic carbocycles. The molecule has 1 saturated carbocycles. The molecule has 0 atom stereocenters. The molecule has 1 aromatic carbocycles. The highest BCUT2D eigenvalue weighted by atomic mass is 28.3. The minimum atomic E-state index is -1.57. The zero-order valence-electron chi connectivity index (χ0n) is 20.9. The van der Waals surface area contributed by atoms with Crippen LogP contribution in [0, 0.1) is 0 Å². The number of aryl methyl sites for hydroxylation is 1. The van der Waals surface area contributed by atoms with Crippen molar-refractivity contribution in [2.45, 2.75) is 129 Å². The van der Waals surface area contributed by atoms with Gasteiger partial charge in [0, 0.05) is 18.8 Å². The molecule has 0 bridgehead atoms. The SMILES string of the molecule is CCCCCCc1ccc([C@H]2CC[C@H](OCCC[SiH](OC(C)C)OC(C)C)CC2)cc1. The Hall–Kier alpha value is -0.683. The molecule has 0 spiro atoms. The Morgan fingerprint density at radius 2 is 1.48 bits per heavy atom. The summed E-state index contributed by atoms with van der Waals surface area (Å²) in [4.78, 5) is 0. The van der Waals surface area contributed by atoms with E-state index in [4.69, 9.17) is 13.6 Å². The quantitative estimate of drug-likeness (QED) is 0.208. The molecule has 31 heavy (non-hydrogen) atoms. The number of ether oxygens (including phenoxy) is 1. The fourth-order valence-electron chi connectivity index (χ4n) is 4.55. The standard InChI is InChI=1S/C27H48O3Si/c1-6-7-8-9-11-24-12-14-25(15-13-24)26-16-18-27(19-17-26)28-20-10-21-31(29-22(2)3)30-23(4)5/h12-15,22-23,26-27,31H,6-11,16-21H2,1-5H3/t26-,27-. The summed E-state index contributed by atoms with van der Waals surface area (Å²) in [5.41, 5.74) is 3.03. The van der Waals surface area contributed by atoms with Gasteiger partial charge in [0.1, 0.15) is 0 Å². The van der Waals surface area contributed by atoms with Crippen LogP contribution in [0.15, 0.2) is 24.3 Å². The average Bonchev–Trinajstić information content (AvgIpc) is 2.74. The van der Waals surface area contributed by atoms with Crippen LogP contribution >= 0.6 is 0 Å². The maximum absolute atomic E-state index is 6.22.